The first-order valence-electron chi connectivity index (χ1n) is 6.31. The van der Waals surface area contributed by atoms with Gasteiger partial charge in [0.1, 0.15) is 0 Å². The van der Waals surface area contributed by atoms with Gasteiger partial charge in [0, 0.05) is 18.7 Å². The Kier molecular flexibility index (Phi) is 5.58. The van der Waals surface area contributed by atoms with Crippen LogP contribution in [0.2, 0.25) is 0 Å². The highest BCUT2D eigenvalue weighted by Gasteiger charge is 2.35. The first-order valence-corrected chi connectivity index (χ1v) is 6.31. The summed E-state index contributed by atoms with van der Waals surface area (Å²) < 4.78 is 0. The number of unbranched alkanes of at least 4 members (excludes halogenated alkanes) is 1. The molecule has 0 heterocycles. The monoisotopic (exact) mass is 214 g/mol. The SMILES string of the molecule is CC1CCCCC1(CN)NCCCCO. The predicted octanol–water partition coefficient (Wildman–Crippen LogP) is 1.26. The molecule has 0 bridgehead atoms. The Bertz CT molecular complexity index is 175. The van der Waals surface area contributed by atoms with Crippen LogP contribution in [0.1, 0.15) is 45.4 Å². The molecule has 0 amide bonds. The van der Waals surface area contributed by atoms with Crippen LogP contribution in [0.5, 0.6) is 0 Å². The van der Waals surface area contributed by atoms with Crippen molar-refractivity contribution in [2.24, 2.45) is 11.7 Å². The first-order chi connectivity index (χ1) is 7.25. The maximum Gasteiger partial charge on any atom is 0.0431 e. The van der Waals surface area contributed by atoms with Gasteiger partial charge in [-0.2, -0.15) is 0 Å². The molecule has 0 aliphatic heterocycles. The lowest BCUT2D eigenvalue weighted by molar-refractivity contribution is 0.160. The van der Waals surface area contributed by atoms with Gasteiger partial charge in [0.2, 0.25) is 0 Å². The molecule has 1 rings (SSSR count). The molecule has 2 unspecified atom stereocenters. The zero-order valence-electron chi connectivity index (χ0n) is 9.97. The fraction of sp³-hybridized carbons (Fsp3) is 1.00. The highest BCUT2D eigenvalue weighted by molar-refractivity contribution is 4.96. The number of hydrogen-bond donors (Lipinski definition) is 3. The Hall–Kier alpha value is -0.120. The molecule has 1 aliphatic rings. The average Bonchev–Trinajstić information content (AvgIpc) is 2.27. The fourth-order valence-corrected chi connectivity index (χ4v) is 2.63. The van der Waals surface area contributed by atoms with Crippen LogP contribution in [0, 0.1) is 5.92 Å². The Morgan fingerprint density at radius 3 is 2.80 bits per heavy atom. The second-order valence-electron chi connectivity index (χ2n) is 4.86. The minimum atomic E-state index is 0.174. The van der Waals surface area contributed by atoms with E-state index in [9.17, 15) is 0 Å². The molecule has 3 nitrogen and oxygen atoms in total. The van der Waals surface area contributed by atoms with Gasteiger partial charge >= 0.3 is 0 Å². The van der Waals surface area contributed by atoms with Gasteiger partial charge < -0.3 is 16.2 Å². The minimum Gasteiger partial charge on any atom is -0.396 e. The number of hydrogen-bond acceptors (Lipinski definition) is 3. The van der Waals surface area contributed by atoms with Gasteiger partial charge in [-0.25, -0.2) is 0 Å². The Balaban J connectivity index is 2.37. The van der Waals surface area contributed by atoms with E-state index in [1.807, 2.05) is 0 Å². The molecular weight excluding hydrogens is 188 g/mol. The van der Waals surface area contributed by atoms with Crippen molar-refractivity contribution in [3.63, 3.8) is 0 Å². The van der Waals surface area contributed by atoms with Gasteiger partial charge in [-0.15, -0.1) is 0 Å². The zero-order valence-corrected chi connectivity index (χ0v) is 9.97. The molecule has 2 atom stereocenters. The lowest BCUT2D eigenvalue weighted by Crippen LogP contribution is -2.57. The van der Waals surface area contributed by atoms with Crippen molar-refractivity contribution in [1.29, 1.82) is 0 Å². The van der Waals surface area contributed by atoms with Crippen molar-refractivity contribution < 1.29 is 5.11 Å². The quantitative estimate of drug-likeness (QED) is 0.583. The molecule has 4 N–H and O–H groups in total. The van der Waals surface area contributed by atoms with Crippen LogP contribution < -0.4 is 11.1 Å². The van der Waals surface area contributed by atoms with Crippen LogP contribution in [0.15, 0.2) is 0 Å². The van der Waals surface area contributed by atoms with Crippen molar-refractivity contribution in [3.8, 4) is 0 Å². The molecule has 0 saturated heterocycles. The Labute approximate surface area is 93.4 Å². The van der Waals surface area contributed by atoms with Crippen molar-refractivity contribution in [2.75, 3.05) is 19.7 Å². The Morgan fingerprint density at radius 2 is 2.20 bits per heavy atom. The summed E-state index contributed by atoms with van der Waals surface area (Å²) >= 11 is 0. The van der Waals surface area contributed by atoms with Crippen LogP contribution in [0.25, 0.3) is 0 Å². The highest BCUT2D eigenvalue weighted by atomic mass is 16.2. The predicted molar refractivity (Wildman–Crippen MR) is 63.7 cm³/mol. The summed E-state index contributed by atoms with van der Waals surface area (Å²) in [5, 5.41) is 12.4. The molecule has 3 heteroatoms. The van der Waals surface area contributed by atoms with Crippen LogP contribution in [0.4, 0.5) is 0 Å². The molecule has 1 saturated carbocycles. The van der Waals surface area contributed by atoms with Crippen LogP contribution >= 0.6 is 0 Å². The summed E-state index contributed by atoms with van der Waals surface area (Å²) in [6, 6.07) is 0. The maximum atomic E-state index is 8.72. The van der Waals surface area contributed by atoms with Gasteiger partial charge in [0.05, 0.1) is 0 Å². The molecule has 0 spiro atoms. The number of nitrogens with one attached hydrogen (secondary N) is 1. The number of aliphatic hydroxyl groups excluding tert-OH is 1. The number of nitrogens with two attached hydrogens (primary N) is 1. The lowest BCUT2D eigenvalue weighted by atomic mass is 9.73. The van der Waals surface area contributed by atoms with E-state index in [0.717, 1.165) is 25.9 Å². The van der Waals surface area contributed by atoms with Gasteiger partial charge in [0.25, 0.3) is 0 Å². The van der Waals surface area contributed by atoms with E-state index in [4.69, 9.17) is 10.8 Å². The van der Waals surface area contributed by atoms with E-state index in [-0.39, 0.29) is 5.54 Å². The molecule has 0 aromatic rings. The summed E-state index contributed by atoms with van der Waals surface area (Å²) in [7, 11) is 0. The number of rotatable bonds is 6. The van der Waals surface area contributed by atoms with E-state index >= 15 is 0 Å². The molecule has 0 radical (unpaired) electrons. The highest BCUT2D eigenvalue weighted by Crippen LogP contribution is 2.32. The van der Waals surface area contributed by atoms with Gasteiger partial charge in [-0.3, -0.25) is 0 Å². The lowest BCUT2D eigenvalue weighted by Gasteiger charge is -2.43. The molecule has 1 fully saturated rings. The maximum absolute atomic E-state index is 8.72. The summed E-state index contributed by atoms with van der Waals surface area (Å²) in [5.74, 6) is 0.686. The smallest absolute Gasteiger partial charge is 0.0431 e. The fourth-order valence-electron chi connectivity index (χ4n) is 2.63. The van der Waals surface area contributed by atoms with Crippen LogP contribution in [-0.4, -0.2) is 30.3 Å². The molecule has 0 aromatic heterocycles. The van der Waals surface area contributed by atoms with Crippen molar-refractivity contribution in [3.05, 3.63) is 0 Å². The second kappa shape index (κ2) is 6.46. The van der Waals surface area contributed by atoms with E-state index in [1.165, 1.54) is 25.7 Å². The topological polar surface area (TPSA) is 58.3 Å². The van der Waals surface area contributed by atoms with Gasteiger partial charge in [-0.05, 0) is 38.1 Å². The normalized spacial score (nSPS) is 31.8. The summed E-state index contributed by atoms with van der Waals surface area (Å²) in [5.41, 5.74) is 6.11. The Morgan fingerprint density at radius 1 is 1.40 bits per heavy atom. The molecule has 90 valence electrons. The van der Waals surface area contributed by atoms with Gasteiger partial charge in [-0.1, -0.05) is 19.8 Å². The third-order valence-corrected chi connectivity index (χ3v) is 3.88. The summed E-state index contributed by atoms with van der Waals surface area (Å²) in [6.45, 7) is 4.34. The van der Waals surface area contributed by atoms with Crippen LogP contribution in [-0.2, 0) is 0 Å². The first kappa shape index (κ1) is 12.9. The third-order valence-electron chi connectivity index (χ3n) is 3.88. The summed E-state index contributed by atoms with van der Waals surface area (Å²) in [6.07, 6.45) is 7.09. The standard InChI is InChI=1S/C12H26N2O/c1-11-6-2-3-7-12(11,10-13)14-8-4-5-9-15/h11,14-15H,2-10,13H2,1H3. The van der Waals surface area contributed by atoms with Gasteiger partial charge in [0.15, 0.2) is 0 Å². The number of aliphatic hydroxyl groups is 1. The van der Waals surface area contributed by atoms with E-state index in [0.29, 0.717) is 12.5 Å². The molecular formula is C12H26N2O. The van der Waals surface area contributed by atoms with E-state index in [1.54, 1.807) is 0 Å². The molecule has 0 aromatic carbocycles. The van der Waals surface area contributed by atoms with Crippen LogP contribution in [0.3, 0.4) is 0 Å². The second-order valence-corrected chi connectivity index (χ2v) is 4.86. The van der Waals surface area contributed by atoms with E-state index < -0.39 is 0 Å². The van der Waals surface area contributed by atoms with Crippen molar-refractivity contribution >= 4 is 0 Å². The van der Waals surface area contributed by atoms with Crippen molar-refractivity contribution in [1.82, 2.24) is 5.32 Å². The minimum absolute atomic E-state index is 0.174. The van der Waals surface area contributed by atoms with Crippen molar-refractivity contribution in [2.45, 2.75) is 51.0 Å². The van der Waals surface area contributed by atoms with E-state index in [2.05, 4.69) is 12.2 Å². The molecule has 1 aliphatic carbocycles. The summed E-state index contributed by atoms with van der Waals surface area (Å²) in [4.78, 5) is 0. The average molecular weight is 214 g/mol. The zero-order chi connectivity index (χ0) is 11.1. The molecule has 15 heavy (non-hydrogen) atoms. The largest absolute Gasteiger partial charge is 0.396 e. The third kappa shape index (κ3) is 3.44.